The molecule has 1 aliphatic rings. The number of nitriles is 1. The molecule has 0 aliphatic carbocycles. The molecule has 23 heavy (non-hydrogen) atoms. The maximum Gasteiger partial charge on any atom is 0.216 e. The number of halogens is 1. The van der Waals surface area contributed by atoms with Gasteiger partial charge >= 0.3 is 0 Å². The Morgan fingerprint density at radius 3 is 2.65 bits per heavy atom. The summed E-state index contributed by atoms with van der Waals surface area (Å²) in [6.45, 7) is 4.43. The van der Waals surface area contributed by atoms with Crippen molar-refractivity contribution in [3.05, 3.63) is 29.6 Å². The highest BCUT2D eigenvalue weighted by Gasteiger charge is 2.30. The van der Waals surface area contributed by atoms with E-state index in [4.69, 9.17) is 10.00 Å². The summed E-state index contributed by atoms with van der Waals surface area (Å²) >= 11 is 0. The van der Waals surface area contributed by atoms with Gasteiger partial charge in [-0.05, 0) is 26.0 Å². The van der Waals surface area contributed by atoms with E-state index in [0.29, 0.717) is 18.8 Å². The van der Waals surface area contributed by atoms with Gasteiger partial charge in [0.2, 0.25) is 10.0 Å². The molecule has 1 fully saturated rings. The Labute approximate surface area is 135 Å². The van der Waals surface area contributed by atoms with Gasteiger partial charge in [0.25, 0.3) is 0 Å². The Hall–Kier alpha value is -1.69. The van der Waals surface area contributed by atoms with Crippen molar-refractivity contribution in [3.8, 4) is 6.07 Å². The Morgan fingerprint density at radius 2 is 2.04 bits per heavy atom. The van der Waals surface area contributed by atoms with Gasteiger partial charge in [-0.2, -0.15) is 9.57 Å². The number of nitrogens with one attached hydrogen (secondary N) is 1. The second-order valence-electron chi connectivity index (χ2n) is 5.59. The molecule has 1 N–H and O–H groups in total. The van der Waals surface area contributed by atoms with E-state index in [9.17, 15) is 12.8 Å². The molecule has 1 aromatic carbocycles. The lowest BCUT2D eigenvalue weighted by atomic mass is 10.2. The normalized spacial score (nSPS) is 22.5. The second kappa shape index (κ2) is 7.25. The lowest BCUT2D eigenvalue weighted by molar-refractivity contribution is -0.0440. The Balaban J connectivity index is 1.98. The fourth-order valence-corrected chi connectivity index (χ4v) is 4.08. The van der Waals surface area contributed by atoms with Crippen LogP contribution in [0.4, 0.5) is 10.1 Å². The molecule has 0 unspecified atom stereocenters. The summed E-state index contributed by atoms with van der Waals surface area (Å²) in [5, 5.41) is 11.8. The molecule has 0 amide bonds. The molecule has 6 nitrogen and oxygen atoms in total. The SMILES string of the molecule is C[C@H]1CN(S(=O)(=O)CCNc2cccc(F)c2C#N)C[C@H](C)O1. The third kappa shape index (κ3) is 4.41. The lowest BCUT2D eigenvalue weighted by Gasteiger charge is -2.34. The van der Waals surface area contributed by atoms with Crippen molar-refractivity contribution in [2.45, 2.75) is 26.1 Å². The lowest BCUT2D eigenvalue weighted by Crippen LogP contribution is -2.49. The van der Waals surface area contributed by atoms with Crippen LogP contribution in [0.15, 0.2) is 18.2 Å². The van der Waals surface area contributed by atoms with Crippen molar-refractivity contribution in [2.75, 3.05) is 30.7 Å². The zero-order chi connectivity index (χ0) is 17.0. The minimum absolute atomic E-state index is 0.0978. The van der Waals surface area contributed by atoms with Crippen molar-refractivity contribution < 1.29 is 17.5 Å². The molecule has 8 heteroatoms. The molecule has 1 aromatic rings. The van der Waals surface area contributed by atoms with Crippen LogP contribution in [0.25, 0.3) is 0 Å². The maximum absolute atomic E-state index is 13.5. The van der Waals surface area contributed by atoms with Crippen molar-refractivity contribution in [1.82, 2.24) is 4.31 Å². The van der Waals surface area contributed by atoms with Crippen LogP contribution < -0.4 is 5.32 Å². The van der Waals surface area contributed by atoms with Gasteiger partial charge in [0, 0.05) is 19.6 Å². The fraction of sp³-hybridized carbons (Fsp3) is 0.533. The first-order valence-electron chi connectivity index (χ1n) is 7.39. The summed E-state index contributed by atoms with van der Waals surface area (Å²) in [5.74, 6) is -0.760. The highest BCUT2D eigenvalue weighted by Crippen LogP contribution is 2.18. The number of nitrogens with zero attached hydrogens (tertiary/aromatic N) is 2. The first-order chi connectivity index (χ1) is 10.8. The highest BCUT2D eigenvalue weighted by atomic mass is 32.2. The molecule has 0 saturated carbocycles. The summed E-state index contributed by atoms with van der Waals surface area (Å²) < 4.78 is 45.2. The van der Waals surface area contributed by atoms with Crippen molar-refractivity contribution in [2.24, 2.45) is 0 Å². The first-order valence-corrected chi connectivity index (χ1v) is 9.00. The maximum atomic E-state index is 13.5. The highest BCUT2D eigenvalue weighted by molar-refractivity contribution is 7.89. The number of hydrogen-bond donors (Lipinski definition) is 1. The predicted molar refractivity (Wildman–Crippen MR) is 85.0 cm³/mol. The molecular weight excluding hydrogens is 321 g/mol. The van der Waals surface area contributed by atoms with Crippen molar-refractivity contribution in [3.63, 3.8) is 0 Å². The van der Waals surface area contributed by atoms with Crippen LogP contribution in [0, 0.1) is 17.1 Å². The number of hydrogen-bond acceptors (Lipinski definition) is 5. The van der Waals surface area contributed by atoms with Crippen molar-refractivity contribution >= 4 is 15.7 Å². The van der Waals surface area contributed by atoms with Crippen molar-refractivity contribution in [1.29, 1.82) is 5.26 Å². The van der Waals surface area contributed by atoms with Crippen LogP contribution in [-0.2, 0) is 14.8 Å². The summed E-state index contributed by atoms with van der Waals surface area (Å²) in [5.41, 5.74) is 0.185. The summed E-state index contributed by atoms with van der Waals surface area (Å²) in [6.07, 6.45) is -0.287. The molecule has 0 bridgehead atoms. The Morgan fingerprint density at radius 1 is 1.39 bits per heavy atom. The quantitative estimate of drug-likeness (QED) is 0.879. The summed E-state index contributed by atoms with van der Waals surface area (Å²) in [7, 11) is -3.43. The molecule has 2 atom stereocenters. The van der Waals surface area contributed by atoms with Crippen LogP contribution in [0.2, 0.25) is 0 Å². The largest absolute Gasteiger partial charge is 0.383 e. The molecule has 126 valence electrons. The summed E-state index contributed by atoms with van der Waals surface area (Å²) in [4.78, 5) is 0. The van der Waals surface area contributed by atoms with Gasteiger partial charge in [-0.1, -0.05) is 6.07 Å². The number of rotatable bonds is 5. The zero-order valence-electron chi connectivity index (χ0n) is 13.1. The van der Waals surface area contributed by atoms with Gasteiger partial charge < -0.3 is 10.1 Å². The number of ether oxygens (including phenoxy) is 1. The van der Waals surface area contributed by atoms with Crippen LogP contribution in [0.3, 0.4) is 0 Å². The van der Waals surface area contributed by atoms with Gasteiger partial charge in [-0.25, -0.2) is 12.8 Å². The molecule has 1 aliphatic heterocycles. The average Bonchev–Trinajstić information content (AvgIpc) is 2.46. The minimum atomic E-state index is -3.43. The monoisotopic (exact) mass is 341 g/mol. The first kappa shape index (κ1) is 17.7. The van der Waals surface area contributed by atoms with E-state index in [-0.39, 0.29) is 30.1 Å². The van der Waals surface area contributed by atoms with E-state index in [2.05, 4.69) is 5.32 Å². The minimum Gasteiger partial charge on any atom is -0.383 e. The number of anilines is 1. The van der Waals surface area contributed by atoms with E-state index in [1.165, 1.54) is 16.4 Å². The molecule has 1 heterocycles. The number of benzene rings is 1. The fourth-order valence-electron chi connectivity index (χ4n) is 2.59. The number of morpholine rings is 1. The van der Waals surface area contributed by atoms with Crippen LogP contribution >= 0.6 is 0 Å². The summed E-state index contributed by atoms with van der Waals surface area (Å²) in [6, 6.07) is 5.98. The topological polar surface area (TPSA) is 82.4 Å². The van der Waals surface area contributed by atoms with Gasteiger partial charge in [-0.3, -0.25) is 0 Å². The molecule has 1 saturated heterocycles. The van der Waals surface area contributed by atoms with Gasteiger partial charge in [0.05, 0.1) is 23.6 Å². The van der Waals surface area contributed by atoms with E-state index in [1.54, 1.807) is 12.1 Å². The van der Waals surface area contributed by atoms with E-state index in [1.807, 2.05) is 13.8 Å². The standard InChI is InChI=1S/C15H20FN3O3S/c1-11-9-19(10-12(2)22-11)23(20,21)7-6-18-15-5-3-4-14(16)13(15)8-17/h3-5,11-12,18H,6-7,9-10H2,1-2H3/t11-,12-/m0/s1. The van der Waals surface area contributed by atoms with E-state index >= 15 is 0 Å². The molecule has 0 aromatic heterocycles. The van der Waals surface area contributed by atoms with Crippen LogP contribution in [-0.4, -0.2) is 50.3 Å². The average molecular weight is 341 g/mol. The molecule has 2 rings (SSSR count). The van der Waals surface area contributed by atoms with Gasteiger partial charge in [0.1, 0.15) is 17.4 Å². The molecule has 0 radical (unpaired) electrons. The predicted octanol–water partition coefficient (Wildman–Crippen LogP) is 1.55. The second-order valence-corrected chi connectivity index (χ2v) is 7.68. The van der Waals surface area contributed by atoms with Crippen LogP contribution in [0.1, 0.15) is 19.4 Å². The zero-order valence-corrected chi connectivity index (χ0v) is 13.9. The molecular formula is C15H20FN3O3S. The van der Waals surface area contributed by atoms with E-state index < -0.39 is 15.8 Å². The molecule has 0 spiro atoms. The third-order valence-corrected chi connectivity index (χ3v) is 5.39. The van der Waals surface area contributed by atoms with Gasteiger partial charge in [-0.15, -0.1) is 0 Å². The van der Waals surface area contributed by atoms with E-state index in [0.717, 1.165) is 0 Å². The van der Waals surface area contributed by atoms with Crippen LogP contribution in [0.5, 0.6) is 0 Å². The van der Waals surface area contributed by atoms with Gasteiger partial charge in [0.15, 0.2) is 0 Å². The number of sulfonamides is 1. The Bertz CT molecular complexity index is 692. The Kier molecular flexibility index (Phi) is 5.57. The third-order valence-electron chi connectivity index (χ3n) is 3.58. The smallest absolute Gasteiger partial charge is 0.216 e.